The predicted molar refractivity (Wildman–Crippen MR) is 94.6 cm³/mol. The highest BCUT2D eigenvalue weighted by molar-refractivity contribution is 5.92. The first-order chi connectivity index (χ1) is 12.2. The van der Waals surface area contributed by atoms with E-state index in [0.29, 0.717) is 12.2 Å². The fourth-order valence-corrected chi connectivity index (χ4v) is 2.80. The number of carbonyl (C=O) groups is 1. The zero-order valence-corrected chi connectivity index (χ0v) is 13.8. The van der Waals surface area contributed by atoms with E-state index in [1.54, 1.807) is 35.1 Å². The second kappa shape index (κ2) is 6.24. The van der Waals surface area contributed by atoms with Gasteiger partial charge in [0.25, 0.3) is 5.91 Å². The summed E-state index contributed by atoms with van der Waals surface area (Å²) in [4.78, 5) is 18.5. The normalized spacial score (nSPS) is 10.9. The molecule has 0 radical (unpaired) electrons. The van der Waals surface area contributed by atoms with E-state index in [2.05, 4.69) is 10.1 Å². The molecule has 0 saturated carbocycles. The van der Waals surface area contributed by atoms with Gasteiger partial charge in [-0.15, -0.1) is 0 Å². The maximum absolute atomic E-state index is 12.6. The van der Waals surface area contributed by atoms with E-state index in [0.717, 1.165) is 17.0 Å². The summed E-state index contributed by atoms with van der Waals surface area (Å²) in [7, 11) is 1.75. The highest BCUT2D eigenvalue weighted by Crippen LogP contribution is 2.14. The molecule has 6 heteroatoms. The van der Waals surface area contributed by atoms with Crippen molar-refractivity contribution < 1.29 is 4.79 Å². The Morgan fingerprint density at radius 3 is 2.76 bits per heavy atom. The lowest BCUT2D eigenvalue weighted by Gasteiger charge is -2.15. The highest BCUT2D eigenvalue weighted by Gasteiger charge is 2.16. The van der Waals surface area contributed by atoms with E-state index in [1.165, 1.54) is 0 Å². The molecule has 0 aliphatic heterocycles. The standard InChI is InChI=1S/C19H17N5O/c1-22(14-15-6-2-4-11-20-15)19(25)17-10-13-24(21-17)18-9-8-16-7-3-5-12-23(16)18/h2-13H,14H2,1H3. The first-order valence-electron chi connectivity index (χ1n) is 8.00. The molecule has 25 heavy (non-hydrogen) atoms. The molecule has 0 saturated heterocycles. The maximum atomic E-state index is 12.6. The van der Waals surface area contributed by atoms with Crippen LogP contribution in [0, 0.1) is 0 Å². The Morgan fingerprint density at radius 2 is 1.92 bits per heavy atom. The summed E-state index contributed by atoms with van der Waals surface area (Å²) < 4.78 is 3.74. The van der Waals surface area contributed by atoms with E-state index >= 15 is 0 Å². The summed E-state index contributed by atoms with van der Waals surface area (Å²) in [6.07, 6.45) is 5.50. The summed E-state index contributed by atoms with van der Waals surface area (Å²) in [5.41, 5.74) is 2.33. The van der Waals surface area contributed by atoms with Crippen molar-refractivity contribution in [3.63, 3.8) is 0 Å². The smallest absolute Gasteiger partial charge is 0.274 e. The fourth-order valence-electron chi connectivity index (χ4n) is 2.80. The third kappa shape index (κ3) is 2.89. The SMILES string of the molecule is CN(Cc1ccccn1)C(=O)c1ccn(-c2ccc3ccccn23)n1. The van der Waals surface area contributed by atoms with Crippen LogP contribution >= 0.6 is 0 Å². The number of carbonyl (C=O) groups excluding carboxylic acids is 1. The average molecular weight is 331 g/mol. The molecule has 0 N–H and O–H groups in total. The number of pyridine rings is 2. The molecule has 0 unspecified atom stereocenters. The number of aromatic nitrogens is 4. The van der Waals surface area contributed by atoms with Crippen LogP contribution in [-0.4, -0.2) is 37.0 Å². The molecular formula is C19H17N5O. The molecule has 0 spiro atoms. The molecule has 0 aliphatic carbocycles. The van der Waals surface area contributed by atoms with Crippen LogP contribution in [0.3, 0.4) is 0 Å². The first kappa shape index (κ1) is 15.1. The molecule has 124 valence electrons. The molecule has 4 aromatic rings. The minimum atomic E-state index is -0.134. The van der Waals surface area contributed by atoms with E-state index in [4.69, 9.17) is 0 Å². The quantitative estimate of drug-likeness (QED) is 0.578. The molecule has 6 nitrogen and oxygen atoms in total. The lowest BCUT2D eigenvalue weighted by atomic mass is 10.3. The Bertz CT molecular complexity index is 1020. The Labute approximate surface area is 145 Å². The molecule has 0 atom stereocenters. The third-order valence-electron chi connectivity index (χ3n) is 4.06. The summed E-state index contributed by atoms with van der Waals surface area (Å²) in [5, 5.41) is 4.45. The van der Waals surface area contributed by atoms with Crippen molar-refractivity contribution in [3.05, 3.63) is 84.6 Å². The van der Waals surface area contributed by atoms with Gasteiger partial charge >= 0.3 is 0 Å². The molecule has 0 fully saturated rings. The van der Waals surface area contributed by atoms with Gasteiger partial charge in [-0.25, -0.2) is 4.68 Å². The van der Waals surface area contributed by atoms with Gasteiger partial charge in [-0.3, -0.25) is 9.78 Å². The van der Waals surface area contributed by atoms with Crippen LogP contribution in [0.4, 0.5) is 0 Å². The van der Waals surface area contributed by atoms with Gasteiger partial charge in [0.1, 0.15) is 5.82 Å². The van der Waals surface area contributed by atoms with Crippen molar-refractivity contribution in [2.24, 2.45) is 0 Å². The molecule has 4 aromatic heterocycles. The van der Waals surface area contributed by atoms with Crippen molar-refractivity contribution in [3.8, 4) is 5.82 Å². The molecule has 0 bridgehead atoms. The third-order valence-corrected chi connectivity index (χ3v) is 4.06. The van der Waals surface area contributed by atoms with Gasteiger partial charge in [0.2, 0.25) is 0 Å². The molecule has 0 aliphatic rings. The number of hydrogen-bond acceptors (Lipinski definition) is 3. The van der Waals surface area contributed by atoms with Crippen molar-refractivity contribution in [1.29, 1.82) is 0 Å². The number of nitrogens with zero attached hydrogens (tertiary/aromatic N) is 5. The lowest BCUT2D eigenvalue weighted by molar-refractivity contribution is 0.0777. The number of amides is 1. The van der Waals surface area contributed by atoms with Gasteiger partial charge in [0.05, 0.1) is 12.2 Å². The second-order valence-corrected chi connectivity index (χ2v) is 5.81. The summed E-state index contributed by atoms with van der Waals surface area (Å²) >= 11 is 0. The zero-order chi connectivity index (χ0) is 17.2. The van der Waals surface area contributed by atoms with E-state index in [9.17, 15) is 4.79 Å². The number of hydrogen-bond donors (Lipinski definition) is 0. The van der Waals surface area contributed by atoms with Gasteiger partial charge < -0.3 is 9.30 Å². The highest BCUT2D eigenvalue weighted by atomic mass is 16.2. The first-order valence-corrected chi connectivity index (χ1v) is 8.00. The number of fused-ring (bicyclic) bond motifs is 1. The molecule has 1 amide bonds. The predicted octanol–water partition coefficient (Wildman–Crippen LogP) is 2.79. The summed E-state index contributed by atoms with van der Waals surface area (Å²) in [5.74, 6) is 0.757. The molecule has 0 aromatic carbocycles. The monoisotopic (exact) mass is 331 g/mol. The van der Waals surface area contributed by atoms with Gasteiger partial charge in [0.15, 0.2) is 5.69 Å². The van der Waals surface area contributed by atoms with Crippen LogP contribution in [0.5, 0.6) is 0 Å². The van der Waals surface area contributed by atoms with E-state index in [1.807, 2.05) is 59.1 Å². The topological polar surface area (TPSA) is 55.4 Å². The zero-order valence-electron chi connectivity index (χ0n) is 13.8. The summed E-state index contributed by atoms with van der Waals surface area (Å²) in [6, 6.07) is 17.4. The average Bonchev–Trinajstić information content (AvgIpc) is 3.28. The molecule has 4 rings (SSSR count). The molecular weight excluding hydrogens is 314 g/mol. The fraction of sp³-hybridized carbons (Fsp3) is 0.105. The van der Waals surface area contributed by atoms with Crippen LogP contribution in [0.25, 0.3) is 11.3 Å². The minimum absolute atomic E-state index is 0.134. The van der Waals surface area contributed by atoms with Crippen molar-refractivity contribution >= 4 is 11.4 Å². The van der Waals surface area contributed by atoms with Crippen LogP contribution in [-0.2, 0) is 6.54 Å². The van der Waals surface area contributed by atoms with Gasteiger partial charge in [-0.05, 0) is 42.5 Å². The number of rotatable bonds is 4. The maximum Gasteiger partial charge on any atom is 0.274 e. The Kier molecular flexibility index (Phi) is 3.78. The summed E-state index contributed by atoms with van der Waals surface area (Å²) in [6.45, 7) is 0.445. The van der Waals surface area contributed by atoms with Crippen LogP contribution in [0.1, 0.15) is 16.2 Å². The van der Waals surface area contributed by atoms with Gasteiger partial charge in [-0.1, -0.05) is 12.1 Å². The van der Waals surface area contributed by atoms with E-state index in [-0.39, 0.29) is 5.91 Å². The van der Waals surface area contributed by atoms with Crippen LogP contribution < -0.4 is 0 Å². The lowest BCUT2D eigenvalue weighted by Crippen LogP contribution is -2.27. The van der Waals surface area contributed by atoms with Gasteiger partial charge in [-0.2, -0.15) is 5.10 Å². The minimum Gasteiger partial charge on any atom is -0.334 e. The second-order valence-electron chi connectivity index (χ2n) is 5.81. The largest absolute Gasteiger partial charge is 0.334 e. The van der Waals surface area contributed by atoms with Crippen molar-refractivity contribution in [2.45, 2.75) is 6.54 Å². The van der Waals surface area contributed by atoms with Crippen molar-refractivity contribution in [1.82, 2.24) is 24.1 Å². The van der Waals surface area contributed by atoms with Crippen LogP contribution in [0.15, 0.2) is 73.2 Å². The van der Waals surface area contributed by atoms with E-state index < -0.39 is 0 Å². The molecule has 4 heterocycles. The Hall–Kier alpha value is -3.41. The van der Waals surface area contributed by atoms with Gasteiger partial charge in [0, 0.05) is 31.2 Å². The van der Waals surface area contributed by atoms with Crippen LogP contribution in [0.2, 0.25) is 0 Å². The Morgan fingerprint density at radius 1 is 1.04 bits per heavy atom. The Balaban J connectivity index is 1.57. The van der Waals surface area contributed by atoms with Crippen molar-refractivity contribution in [2.75, 3.05) is 7.05 Å².